The molecule has 2 rings (SSSR count). The van der Waals surface area contributed by atoms with Crippen molar-refractivity contribution in [3.05, 3.63) is 12.0 Å². The van der Waals surface area contributed by atoms with E-state index in [0.717, 1.165) is 12.8 Å². The van der Waals surface area contributed by atoms with Crippen LogP contribution in [0.3, 0.4) is 0 Å². The summed E-state index contributed by atoms with van der Waals surface area (Å²) in [4.78, 5) is 40.4. The predicted octanol–water partition coefficient (Wildman–Crippen LogP) is 0.305. The fourth-order valence-corrected chi connectivity index (χ4v) is 2.42. The molecule has 1 aromatic rings. The molecule has 1 heterocycles. The number of hydrogen-bond acceptors (Lipinski definition) is 5. The van der Waals surface area contributed by atoms with Crippen LogP contribution in [-0.2, 0) is 9.59 Å². The smallest absolute Gasteiger partial charge is 0.316 e. The summed E-state index contributed by atoms with van der Waals surface area (Å²) >= 11 is 0. The zero-order chi connectivity index (χ0) is 14.7. The molecule has 1 aliphatic rings. The van der Waals surface area contributed by atoms with E-state index in [0.29, 0.717) is 12.8 Å². The number of ether oxygens (including phenoxy) is 1. The minimum atomic E-state index is -1.01. The first-order valence-electron chi connectivity index (χ1n) is 6.28. The van der Waals surface area contributed by atoms with Gasteiger partial charge >= 0.3 is 11.9 Å². The highest BCUT2D eigenvalue weighted by Gasteiger charge is 2.37. The number of amides is 1. The van der Waals surface area contributed by atoms with E-state index >= 15 is 0 Å². The van der Waals surface area contributed by atoms with Gasteiger partial charge in [0, 0.05) is 0 Å². The van der Waals surface area contributed by atoms with E-state index in [2.05, 4.69) is 9.97 Å². The number of imidazole rings is 1. The van der Waals surface area contributed by atoms with Crippen LogP contribution in [0.25, 0.3) is 0 Å². The first-order valence-corrected chi connectivity index (χ1v) is 6.28. The second-order valence-electron chi connectivity index (χ2n) is 4.70. The number of primary amides is 1. The van der Waals surface area contributed by atoms with Crippen molar-refractivity contribution in [2.45, 2.75) is 25.7 Å². The third-order valence-electron chi connectivity index (χ3n) is 3.43. The maximum Gasteiger partial charge on any atom is 0.316 e. The lowest BCUT2D eigenvalue weighted by Gasteiger charge is -2.26. The van der Waals surface area contributed by atoms with Gasteiger partial charge in [-0.1, -0.05) is 12.8 Å². The number of carbonyl (C=O) groups is 3. The lowest BCUT2D eigenvalue weighted by molar-refractivity contribution is -0.154. The average molecular weight is 281 g/mol. The Hall–Kier alpha value is -2.38. The van der Waals surface area contributed by atoms with Crippen LogP contribution < -0.4 is 10.5 Å². The largest absolute Gasteiger partial charge is 0.481 e. The monoisotopic (exact) mass is 281 g/mol. The third-order valence-corrected chi connectivity index (χ3v) is 3.43. The fraction of sp³-hybridized carbons (Fsp3) is 0.500. The molecule has 20 heavy (non-hydrogen) atoms. The van der Waals surface area contributed by atoms with Gasteiger partial charge in [0.15, 0.2) is 5.69 Å². The standard InChI is InChI=1S/C12H15N3O5/c13-9(16)8-10(15-5-14-8)20-12(19)7-4-2-1-3-6(7)11(17)18/h5-7H,1-4H2,(H2,13,16)(H,14,15)(H,17,18). The summed E-state index contributed by atoms with van der Waals surface area (Å²) in [6.45, 7) is 0. The molecule has 0 bridgehead atoms. The van der Waals surface area contributed by atoms with Crippen molar-refractivity contribution in [1.82, 2.24) is 9.97 Å². The van der Waals surface area contributed by atoms with Crippen molar-refractivity contribution in [3.8, 4) is 5.88 Å². The summed E-state index contributed by atoms with van der Waals surface area (Å²) in [5, 5.41) is 9.12. The Morgan fingerprint density at radius 2 is 1.95 bits per heavy atom. The fourth-order valence-electron chi connectivity index (χ4n) is 2.42. The van der Waals surface area contributed by atoms with Crippen LogP contribution in [0.2, 0.25) is 0 Å². The van der Waals surface area contributed by atoms with Gasteiger partial charge in [0.2, 0.25) is 0 Å². The molecule has 1 amide bonds. The van der Waals surface area contributed by atoms with Crippen LogP contribution in [0.5, 0.6) is 5.88 Å². The molecule has 8 heteroatoms. The number of aliphatic carboxylic acids is 1. The zero-order valence-electron chi connectivity index (χ0n) is 10.7. The quantitative estimate of drug-likeness (QED) is 0.679. The molecule has 108 valence electrons. The Morgan fingerprint density at radius 1 is 1.30 bits per heavy atom. The number of aromatic nitrogens is 2. The molecule has 2 unspecified atom stereocenters. The number of hydrogen-bond donors (Lipinski definition) is 3. The van der Waals surface area contributed by atoms with Crippen LogP contribution in [-0.4, -0.2) is 32.9 Å². The lowest BCUT2D eigenvalue weighted by Crippen LogP contribution is -2.35. The van der Waals surface area contributed by atoms with Crippen molar-refractivity contribution in [2.75, 3.05) is 0 Å². The normalized spacial score (nSPS) is 22.2. The molecule has 1 fully saturated rings. The second kappa shape index (κ2) is 5.72. The van der Waals surface area contributed by atoms with Crippen molar-refractivity contribution >= 4 is 17.8 Å². The van der Waals surface area contributed by atoms with Gasteiger partial charge in [-0.3, -0.25) is 14.4 Å². The maximum atomic E-state index is 12.1. The van der Waals surface area contributed by atoms with Crippen LogP contribution in [0.4, 0.5) is 0 Å². The van der Waals surface area contributed by atoms with Gasteiger partial charge in [0.05, 0.1) is 18.2 Å². The van der Waals surface area contributed by atoms with Crippen LogP contribution in [0.15, 0.2) is 6.33 Å². The second-order valence-corrected chi connectivity index (χ2v) is 4.70. The van der Waals surface area contributed by atoms with Gasteiger partial charge in [0.25, 0.3) is 11.8 Å². The van der Waals surface area contributed by atoms with E-state index in [4.69, 9.17) is 15.6 Å². The van der Waals surface area contributed by atoms with Crippen molar-refractivity contribution in [2.24, 2.45) is 17.6 Å². The van der Waals surface area contributed by atoms with Crippen LogP contribution >= 0.6 is 0 Å². The Balaban J connectivity index is 2.12. The first-order chi connectivity index (χ1) is 9.50. The Bertz CT molecular complexity index is 539. The molecule has 2 atom stereocenters. The van der Waals surface area contributed by atoms with Crippen LogP contribution in [0, 0.1) is 11.8 Å². The molecule has 0 spiro atoms. The van der Waals surface area contributed by atoms with Gasteiger partial charge in [-0.2, -0.15) is 0 Å². The summed E-state index contributed by atoms with van der Waals surface area (Å²) in [5.74, 6) is -4.19. The van der Waals surface area contributed by atoms with Gasteiger partial charge in [-0.15, -0.1) is 0 Å². The summed E-state index contributed by atoms with van der Waals surface area (Å²) < 4.78 is 5.02. The molecule has 0 aromatic carbocycles. The average Bonchev–Trinajstić information content (AvgIpc) is 2.87. The number of nitrogens with two attached hydrogens (primary N) is 1. The van der Waals surface area contributed by atoms with E-state index in [1.165, 1.54) is 6.33 Å². The molecule has 4 N–H and O–H groups in total. The number of carbonyl (C=O) groups excluding carboxylic acids is 2. The van der Waals surface area contributed by atoms with Crippen molar-refractivity contribution < 1.29 is 24.2 Å². The van der Waals surface area contributed by atoms with E-state index in [9.17, 15) is 14.4 Å². The zero-order valence-corrected chi connectivity index (χ0v) is 10.7. The number of nitrogens with zero attached hydrogens (tertiary/aromatic N) is 1. The molecule has 0 saturated heterocycles. The molecular weight excluding hydrogens is 266 g/mol. The Labute approximate surface area is 114 Å². The van der Waals surface area contributed by atoms with Crippen LogP contribution in [0.1, 0.15) is 36.2 Å². The SMILES string of the molecule is NC(=O)c1[nH]cnc1OC(=O)C1CCCCC1C(=O)O. The number of carboxylic acid groups (broad SMARTS) is 1. The minimum absolute atomic E-state index is 0.110. The van der Waals surface area contributed by atoms with E-state index in [1.54, 1.807) is 0 Å². The number of esters is 1. The summed E-state index contributed by atoms with van der Waals surface area (Å²) in [5.41, 5.74) is 4.98. The van der Waals surface area contributed by atoms with Gasteiger partial charge in [-0.25, -0.2) is 4.98 Å². The van der Waals surface area contributed by atoms with E-state index in [1.807, 2.05) is 0 Å². The number of rotatable bonds is 4. The lowest BCUT2D eigenvalue weighted by atomic mass is 9.79. The van der Waals surface area contributed by atoms with Crippen molar-refractivity contribution in [3.63, 3.8) is 0 Å². The van der Waals surface area contributed by atoms with Crippen molar-refractivity contribution in [1.29, 1.82) is 0 Å². The Morgan fingerprint density at radius 3 is 2.55 bits per heavy atom. The number of carboxylic acids is 1. The summed E-state index contributed by atoms with van der Waals surface area (Å²) in [6, 6.07) is 0. The van der Waals surface area contributed by atoms with Gasteiger partial charge in [-0.05, 0) is 12.8 Å². The number of aromatic amines is 1. The van der Waals surface area contributed by atoms with E-state index in [-0.39, 0.29) is 11.6 Å². The molecule has 0 radical (unpaired) electrons. The first kappa shape index (κ1) is 14.0. The molecule has 1 aliphatic carbocycles. The summed E-state index contributed by atoms with van der Waals surface area (Å²) in [7, 11) is 0. The highest BCUT2D eigenvalue weighted by atomic mass is 16.5. The molecule has 1 aromatic heterocycles. The highest BCUT2D eigenvalue weighted by molar-refractivity contribution is 5.94. The van der Waals surface area contributed by atoms with Gasteiger partial charge in [0.1, 0.15) is 0 Å². The predicted molar refractivity (Wildman–Crippen MR) is 65.8 cm³/mol. The highest BCUT2D eigenvalue weighted by Crippen LogP contribution is 2.31. The van der Waals surface area contributed by atoms with Gasteiger partial charge < -0.3 is 20.6 Å². The number of nitrogens with one attached hydrogen (secondary N) is 1. The van der Waals surface area contributed by atoms with E-state index < -0.39 is 29.7 Å². The molecule has 0 aliphatic heterocycles. The topological polar surface area (TPSA) is 135 Å². The summed E-state index contributed by atoms with van der Waals surface area (Å²) in [6.07, 6.45) is 3.62. The maximum absolute atomic E-state index is 12.1. The molecule has 1 saturated carbocycles. The Kier molecular flexibility index (Phi) is 4.02. The minimum Gasteiger partial charge on any atom is -0.481 e. The third kappa shape index (κ3) is 2.79. The number of H-pyrrole nitrogens is 1. The molecule has 8 nitrogen and oxygen atoms in total. The molecular formula is C12H15N3O5.